The molecule has 19 heavy (non-hydrogen) atoms. The molecule has 1 aromatic heterocycles. The Bertz CT molecular complexity index is 662. The van der Waals surface area contributed by atoms with Crippen molar-refractivity contribution in [3.63, 3.8) is 0 Å². The van der Waals surface area contributed by atoms with Gasteiger partial charge in [0.15, 0.2) is 5.58 Å². The number of oxazole rings is 1. The Labute approximate surface area is 112 Å². The highest BCUT2D eigenvalue weighted by Gasteiger charge is 2.21. The van der Waals surface area contributed by atoms with Gasteiger partial charge in [-0.3, -0.25) is 0 Å². The van der Waals surface area contributed by atoms with Gasteiger partial charge in [0, 0.05) is 11.8 Å². The number of nitrogen functional groups attached to an aromatic ring is 1. The highest BCUT2D eigenvalue weighted by Crippen LogP contribution is 2.22. The average molecular weight is 282 g/mol. The molecule has 0 radical (unpaired) electrons. The van der Waals surface area contributed by atoms with Gasteiger partial charge in [-0.15, -0.1) is 0 Å². The Morgan fingerprint density at radius 3 is 2.79 bits per heavy atom. The second-order valence-electron chi connectivity index (χ2n) is 4.59. The summed E-state index contributed by atoms with van der Waals surface area (Å²) >= 11 is 0. The maximum atomic E-state index is 12.1. The van der Waals surface area contributed by atoms with Crippen molar-refractivity contribution in [1.82, 2.24) is 4.98 Å². The van der Waals surface area contributed by atoms with Crippen LogP contribution in [-0.4, -0.2) is 19.2 Å². The molecule has 0 aliphatic rings. The maximum absolute atomic E-state index is 12.1. The predicted octanol–water partition coefficient (Wildman–Crippen LogP) is 2.76. The molecule has 6 heteroatoms. The van der Waals surface area contributed by atoms with Crippen LogP contribution in [0.1, 0.15) is 32.6 Å². The zero-order chi connectivity index (χ0) is 13.9. The fourth-order valence-corrected chi connectivity index (χ4v) is 3.07. The summed E-state index contributed by atoms with van der Waals surface area (Å²) in [6.07, 6.45) is 3.65. The molecule has 0 aliphatic carbocycles. The van der Waals surface area contributed by atoms with E-state index in [0.29, 0.717) is 23.2 Å². The molecule has 0 unspecified atom stereocenters. The van der Waals surface area contributed by atoms with Crippen LogP contribution < -0.4 is 5.73 Å². The van der Waals surface area contributed by atoms with Gasteiger partial charge in [-0.05, 0) is 18.6 Å². The van der Waals surface area contributed by atoms with Crippen molar-refractivity contribution in [1.29, 1.82) is 0 Å². The van der Waals surface area contributed by atoms with Crippen molar-refractivity contribution >= 4 is 26.6 Å². The molecule has 1 aromatic carbocycles. The topological polar surface area (TPSA) is 86.2 Å². The normalized spacial score (nSPS) is 12.1. The summed E-state index contributed by atoms with van der Waals surface area (Å²) in [5.41, 5.74) is 7.07. The molecule has 0 atom stereocenters. The molecule has 104 valence electrons. The van der Waals surface area contributed by atoms with E-state index in [1.54, 1.807) is 18.2 Å². The van der Waals surface area contributed by atoms with Crippen LogP contribution in [0.5, 0.6) is 0 Å². The molecule has 0 saturated heterocycles. The number of hydrogen-bond acceptors (Lipinski definition) is 5. The monoisotopic (exact) mass is 282 g/mol. The van der Waals surface area contributed by atoms with E-state index in [0.717, 1.165) is 19.3 Å². The summed E-state index contributed by atoms with van der Waals surface area (Å²) in [6.45, 7) is 2.08. The number of rotatable bonds is 6. The highest BCUT2D eigenvalue weighted by molar-refractivity contribution is 7.91. The third kappa shape index (κ3) is 3.26. The quantitative estimate of drug-likeness (QED) is 0.650. The van der Waals surface area contributed by atoms with Gasteiger partial charge >= 0.3 is 5.22 Å². The molecule has 0 saturated carbocycles. The van der Waals surface area contributed by atoms with Gasteiger partial charge in [-0.2, -0.15) is 4.98 Å². The summed E-state index contributed by atoms with van der Waals surface area (Å²) in [5, 5.41) is -0.204. The van der Waals surface area contributed by atoms with E-state index in [9.17, 15) is 8.42 Å². The Balaban J connectivity index is 2.18. The van der Waals surface area contributed by atoms with Crippen LogP contribution >= 0.6 is 0 Å². The zero-order valence-electron chi connectivity index (χ0n) is 10.9. The number of hydrogen-bond donors (Lipinski definition) is 1. The second kappa shape index (κ2) is 5.61. The zero-order valence-corrected chi connectivity index (χ0v) is 11.7. The lowest BCUT2D eigenvalue weighted by atomic mass is 10.2. The standard InChI is InChI=1S/C13H18N2O3S/c1-2-3-4-5-8-19(16,17)13-15-11-7-6-10(14)9-12(11)18-13/h6-7,9H,2-5,8,14H2,1H3. The van der Waals surface area contributed by atoms with E-state index in [1.165, 1.54) is 0 Å². The van der Waals surface area contributed by atoms with Gasteiger partial charge in [0.1, 0.15) is 5.52 Å². The SMILES string of the molecule is CCCCCCS(=O)(=O)c1nc2ccc(N)cc2o1. The number of anilines is 1. The third-order valence-corrected chi connectivity index (χ3v) is 4.46. The van der Waals surface area contributed by atoms with Crippen molar-refractivity contribution in [2.24, 2.45) is 0 Å². The lowest BCUT2D eigenvalue weighted by Crippen LogP contribution is -2.07. The summed E-state index contributed by atoms with van der Waals surface area (Å²) in [7, 11) is -3.43. The minimum atomic E-state index is -3.43. The smallest absolute Gasteiger partial charge is 0.316 e. The van der Waals surface area contributed by atoms with Crippen LogP contribution in [0.25, 0.3) is 11.1 Å². The molecule has 1 heterocycles. The van der Waals surface area contributed by atoms with Crippen molar-refractivity contribution in [3.8, 4) is 0 Å². The first kappa shape index (κ1) is 13.9. The number of unbranched alkanes of at least 4 members (excludes halogenated alkanes) is 3. The minimum absolute atomic E-state index is 0.0787. The van der Waals surface area contributed by atoms with Crippen LogP contribution in [0, 0.1) is 0 Å². The Kier molecular flexibility index (Phi) is 4.09. The van der Waals surface area contributed by atoms with Gasteiger partial charge in [0.05, 0.1) is 5.75 Å². The molecule has 2 N–H and O–H groups in total. The minimum Gasteiger partial charge on any atom is -0.428 e. The van der Waals surface area contributed by atoms with E-state index >= 15 is 0 Å². The molecule has 0 fully saturated rings. The summed E-state index contributed by atoms with van der Waals surface area (Å²) < 4.78 is 29.4. The average Bonchev–Trinajstić information content (AvgIpc) is 2.78. The van der Waals surface area contributed by atoms with E-state index in [1.807, 2.05) is 0 Å². The van der Waals surface area contributed by atoms with Crippen LogP contribution in [0.15, 0.2) is 27.8 Å². The first-order valence-electron chi connectivity index (χ1n) is 6.42. The largest absolute Gasteiger partial charge is 0.428 e. The summed E-state index contributed by atoms with van der Waals surface area (Å²) in [5.74, 6) is 0.0787. The Hall–Kier alpha value is -1.56. The molecule has 0 spiro atoms. The number of sulfone groups is 1. The van der Waals surface area contributed by atoms with Gasteiger partial charge in [0.25, 0.3) is 0 Å². The van der Waals surface area contributed by atoms with Crippen molar-refractivity contribution in [2.75, 3.05) is 11.5 Å². The number of benzene rings is 1. The number of aromatic nitrogens is 1. The molecule has 0 aliphatic heterocycles. The van der Waals surface area contributed by atoms with Crippen LogP contribution in [0.4, 0.5) is 5.69 Å². The second-order valence-corrected chi connectivity index (χ2v) is 6.57. The fraction of sp³-hybridized carbons (Fsp3) is 0.462. The number of nitrogens with two attached hydrogens (primary N) is 1. The molecular formula is C13H18N2O3S. The van der Waals surface area contributed by atoms with E-state index in [4.69, 9.17) is 10.2 Å². The third-order valence-electron chi connectivity index (χ3n) is 2.93. The molecule has 0 bridgehead atoms. The van der Waals surface area contributed by atoms with Crippen LogP contribution in [0.2, 0.25) is 0 Å². The predicted molar refractivity (Wildman–Crippen MR) is 74.6 cm³/mol. The molecule has 5 nitrogen and oxygen atoms in total. The first-order valence-corrected chi connectivity index (χ1v) is 8.07. The number of nitrogens with zero attached hydrogens (tertiary/aromatic N) is 1. The lowest BCUT2D eigenvalue weighted by molar-refractivity contribution is 0.457. The van der Waals surface area contributed by atoms with E-state index in [-0.39, 0.29) is 11.0 Å². The molecular weight excluding hydrogens is 264 g/mol. The van der Waals surface area contributed by atoms with Gasteiger partial charge < -0.3 is 10.2 Å². The van der Waals surface area contributed by atoms with Crippen LogP contribution in [-0.2, 0) is 9.84 Å². The Morgan fingerprint density at radius 2 is 2.05 bits per heavy atom. The van der Waals surface area contributed by atoms with Crippen molar-refractivity contribution in [3.05, 3.63) is 18.2 Å². The fourth-order valence-electron chi connectivity index (χ4n) is 1.86. The lowest BCUT2D eigenvalue weighted by Gasteiger charge is -1.99. The highest BCUT2D eigenvalue weighted by atomic mass is 32.2. The molecule has 2 rings (SSSR count). The molecule has 2 aromatic rings. The van der Waals surface area contributed by atoms with E-state index < -0.39 is 9.84 Å². The summed E-state index contributed by atoms with van der Waals surface area (Å²) in [4.78, 5) is 4.01. The van der Waals surface area contributed by atoms with Gasteiger partial charge in [-0.25, -0.2) is 8.42 Å². The number of fused-ring (bicyclic) bond motifs is 1. The maximum Gasteiger partial charge on any atom is 0.316 e. The van der Waals surface area contributed by atoms with Crippen molar-refractivity contribution in [2.45, 2.75) is 37.8 Å². The molecule has 0 amide bonds. The first-order chi connectivity index (χ1) is 9.03. The van der Waals surface area contributed by atoms with Gasteiger partial charge in [0.2, 0.25) is 9.84 Å². The Morgan fingerprint density at radius 1 is 1.26 bits per heavy atom. The van der Waals surface area contributed by atoms with Crippen molar-refractivity contribution < 1.29 is 12.8 Å². The summed E-state index contributed by atoms with van der Waals surface area (Å²) in [6, 6.07) is 4.91. The van der Waals surface area contributed by atoms with E-state index in [2.05, 4.69) is 11.9 Å². The van der Waals surface area contributed by atoms with Crippen LogP contribution in [0.3, 0.4) is 0 Å². The van der Waals surface area contributed by atoms with Gasteiger partial charge in [-0.1, -0.05) is 26.2 Å².